The average Bonchev–Trinajstić information content (AvgIpc) is 3.28. The molecular formula is C42H76N4O17. The monoisotopic (exact) mass is 909 g/mol. The second-order valence-electron chi connectivity index (χ2n) is 12.8. The van der Waals surface area contributed by atoms with Crippen LogP contribution in [0.4, 0.5) is 0 Å². The van der Waals surface area contributed by atoms with Gasteiger partial charge in [-0.25, -0.2) is 0 Å². The predicted octanol–water partition coefficient (Wildman–Crippen LogP) is -1.67. The quantitative estimate of drug-likeness (QED) is 0.0394. The van der Waals surface area contributed by atoms with Crippen LogP contribution in [0.15, 0.2) is 0 Å². The van der Waals surface area contributed by atoms with Crippen LogP contribution in [0.2, 0.25) is 0 Å². The van der Waals surface area contributed by atoms with Crippen LogP contribution in [0.3, 0.4) is 0 Å². The molecule has 0 unspecified atom stereocenters. The van der Waals surface area contributed by atoms with E-state index in [1.165, 1.54) is 0 Å². The molecule has 0 spiro atoms. The van der Waals surface area contributed by atoms with E-state index in [0.717, 1.165) is 0 Å². The molecule has 0 atom stereocenters. The highest BCUT2D eigenvalue weighted by molar-refractivity contribution is 5.77. The summed E-state index contributed by atoms with van der Waals surface area (Å²) < 4.78 is 75.8. The lowest BCUT2D eigenvalue weighted by atomic mass is 10.3. The SMILES string of the molecule is C#CCOCCOCCOCCOCCNC(=O)CCOCC(COCCC(=O)NCCOCCOCCOCCOCC#C)NC(=O)CCOCCOCCOCCOCCN. The summed E-state index contributed by atoms with van der Waals surface area (Å²) in [7, 11) is 0. The number of hydrogen-bond donors (Lipinski definition) is 4. The first-order chi connectivity index (χ1) is 31.0. The van der Waals surface area contributed by atoms with Crippen molar-refractivity contribution < 1.29 is 80.7 Å². The number of carbonyl (C=O) groups excluding carboxylic acids is 3. The first-order valence-corrected chi connectivity index (χ1v) is 21.5. The lowest BCUT2D eigenvalue weighted by molar-refractivity contribution is -0.126. The van der Waals surface area contributed by atoms with E-state index in [0.29, 0.717) is 158 Å². The maximum Gasteiger partial charge on any atom is 0.222 e. The minimum atomic E-state index is -0.530. The zero-order valence-electron chi connectivity index (χ0n) is 37.3. The number of nitrogens with two attached hydrogens (primary N) is 1. The highest BCUT2D eigenvalue weighted by Gasteiger charge is 2.14. The minimum Gasteiger partial charge on any atom is -0.379 e. The standard InChI is InChI=1S/C42H76N4O17/c1-3-11-50-19-25-56-31-35-60-29-23-54-17-9-44-40(47)5-14-62-37-39(46-42(49)7-13-52-21-27-58-33-34-59-28-22-53-16-8-43)38-63-15-6-41(48)45-10-18-55-24-30-61-36-32-57-26-20-51-12-4-2/h1-2,39H,5-38,43H2,(H,44,47)(H,45,48)(H,46,49). The van der Waals surface area contributed by atoms with Crippen molar-refractivity contribution in [3.05, 3.63) is 0 Å². The lowest BCUT2D eigenvalue weighted by Gasteiger charge is -2.19. The number of terminal acetylenes is 2. The van der Waals surface area contributed by atoms with Crippen LogP contribution in [0.1, 0.15) is 19.3 Å². The first kappa shape index (κ1) is 59.9. The molecule has 21 heteroatoms. The lowest BCUT2D eigenvalue weighted by Crippen LogP contribution is -2.42. The largest absolute Gasteiger partial charge is 0.379 e. The summed E-state index contributed by atoms with van der Waals surface area (Å²) in [5.41, 5.74) is 5.36. The van der Waals surface area contributed by atoms with E-state index >= 15 is 0 Å². The zero-order chi connectivity index (χ0) is 45.8. The molecule has 0 aromatic rings. The Hall–Kier alpha value is -3.07. The average molecular weight is 909 g/mol. The van der Waals surface area contributed by atoms with Crippen molar-refractivity contribution in [1.82, 2.24) is 16.0 Å². The molecule has 0 aromatic heterocycles. The van der Waals surface area contributed by atoms with E-state index in [1.54, 1.807) is 0 Å². The number of hydrogen-bond acceptors (Lipinski definition) is 18. The highest BCUT2D eigenvalue weighted by atomic mass is 16.6. The van der Waals surface area contributed by atoms with Crippen molar-refractivity contribution >= 4 is 17.7 Å². The summed E-state index contributed by atoms with van der Waals surface area (Å²) in [6.07, 6.45) is 10.5. The number of rotatable bonds is 51. The summed E-state index contributed by atoms with van der Waals surface area (Å²) in [4.78, 5) is 37.3. The molecule has 0 aliphatic carbocycles. The zero-order valence-corrected chi connectivity index (χ0v) is 37.3. The van der Waals surface area contributed by atoms with Gasteiger partial charge in [0.2, 0.25) is 17.7 Å². The van der Waals surface area contributed by atoms with Crippen LogP contribution < -0.4 is 21.7 Å². The van der Waals surface area contributed by atoms with E-state index in [-0.39, 0.29) is 83.2 Å². The molecule has 0 saturated carbocycles. The van der Waals surface area contributed by atoms with E-state index in [9.17, 15) is 14.4 Å². The van der Waals surface area contributed by atoms with Gasteiger partial charge in [0.05, 0.1) is 178 Å². The van der Waals surface area contributed by atoms with Crippen molar-refractivity contribution in [3.63, 3.8) is 0 Å². The second kappa shape index (κ2) is 51.6. The van der Waals surface area contributed by atoms with Crippen molar-refractivity contribution in [2.45, 2.75) is 25.3 Å². The summed E-state index contributed by atoms with van der Waals surface area (Å²) in [6, 6.07) is -0.530. The van der Waals surface area contributed by atoms with Gasteiger partial charge in [-0.2, -0.15) is 0 Å². The molecule has 0 aromatic carbocycles. The molecule has 3 amide bonds. The number of carbonyl (C=O) groups is 3. The topological polar surface area (TPSA) is 243 Å². The Morgan fingerprint density at radius 2 is 0.667 bits per heavy atom. The van der Waals surface area contributed by atoms with E-state index in [4.69, 9.17) is 84.9 Å². The van der Waals surface area contributed by atoms with Crippen molar-refractivity contribution in [3.8, 4) is 24.7 Å². The highest BCUT2D eigenvalue weighted by Crippen LogP contribution is 1.96. The molecule has 5 N–H and O–H groups in total. The Kier molecular flexibility index (Phi) is 49.1. The number of ether oxygens (including phenoxy) is 14. The molecule has 0 fully saturated rings. The Balaban J connectivity index is 4.26. The van der Waals surface area contributed by atoms with Gasteiger partial charge in [0.25, 0.3) is 0 Å². The molecule has 0 heterocycles. The molecule has 0 aliphatic rings. The van der Waals surface area contributed by atoms with Crippen LogP contribution in [0.25, 0.3) is 0 Å². The molecule has 366 valence electrons. The van der Waals surface area contributed by atoms with Crippen LogP contribution in [0.5, 0.6) is 0 Å². The van der Waals surface area contributed by atoms with Crippen LogP contribution in [0, 0.1) is 24.7 Å². The molecular weight excluding hydrogens is 832 g/mol. The van der Waals surface area contributed by atoms with Crippen molar-refractivity contribution in [2.75, 3.05) is 205 Å². The molecule has 0 radical (unpaired) electrons. The van der Waals surface area contributed by atoms with E-state index in [1.807, 2.05) is 0 Å². The predicted molar refractivity (Wildman–Crippen MR) is 230 cm³/mol. The first-order valence-electron chi connectivity index (χ1n) is 21.5. The Bertz CT molecular complexity index is 1050. The third kappa shape index (κ3) is 49.8. The van der Waals surface area contributed by atoms with Crippen molar-refractivity contribution in [1.29, 1.82) is 0 Å². The normalized spacial score (nSPS) is 11.1. The van der Waals surface area contributed by atoms with Gasteiger partial charge in [-0.15, -0.1) is 12.8 Å². The summed E-state index contributed by atoms with van der Waals surface area (Å²) >= 11 is 0. The van der Waals surface area contributed by atoms with Crippen LogP contribution in [-0.4, -0.2) is 228 Å². The summed E-state index contributed by atoms with van der Waals surface area (Å²) in [5, 5.41) is 8.42. The summed E-state index contributed by atoms with van der Waals surface area (Å²) in [6.45, 7) is 11.0. The van der Waals surface area contributed by atoms with Gasteiger partial charge in [-0.1, -0.05) is 11.8 Å². The third-order valence-electron chi connectivity index (χ3n) is 7.54. The number of nitrogens with one attached hydrogen (secondary N) is 3. The Labute approximate surface area is 374 Å². The van der Waals surface area contributed by atoms with Gasteiger partial charge in [0.1, 0.15) is 13.2 Å². The Morgan fingerprint density at radius 1 is 0.381 bits per heavy atom. The second-order valence-corrected chi connectivity index (χ2v) is 12.8. The van der Waals surface area contributed by atoms with Crippen LogP contribution in [-0.2, 0) is 80.7 Å². The van der Waals surface area contributed by atoms with Gasteiger partial charge in [0, 0.05) is 38.9 Å². The maximum absolute atomic E-state index is 12.7. The van der Waals surface area contributed by atoms with Gasteiger partial charge in [-0.05, 0) is 0 Å². The maximum atomic E-state index is 12.7. The molecule has 0 bridgehead atoms. The minimum absolute atomic E-state index is 0.0883. The Morgan fingerprint density at radius 3 is 1.02 bits per heavy atom. The van der Waals surface area contributed by atoms with Crippen molar-refractivity contribution in [2.24, 2.45) is 5.73 Å². The molecule has 63 heavy (non-hydrogen) atoms. The fraction of sp³-hybridized carbons (Fsp3) is 0.833. The van der Waals surface area contributed by atoms with E-state index in [2.05, 4.69) is 27.8 Å². The fourth-order valence-electron chi connectivity index (χ4n) is 4.51. The molecule has 0 saturated heterocycles. The summed E-state index contributed by atoms with van der Waals surface area (Å²) in [5.74, 6) is 4.09. The van der Waals surface area contributed by atoms with E-state index < -0.39 is 6.04 Å². The molecule has 21 nitrogen and oxygen atoms in total. The van der Waals surface area contributed by atoms with Crippen LogP contribution >= 0.6 is 0 Å². The van der Waals surface area contributed by atoms with Gasteiger partial charge in [-0.3, -0.25) is 14.4 Å². The fourth-order valence-corrected chi connectivity index (χ4v) is 4.51. The molecule has 0 aliphatic heterocycles. The van der Waals surface area contributed by atoms with Gasteiger partial charge >= 0.3 is 0 Å². The van der Waals surface area contributed by atoms with Gasteiger partial charge < -0.3 is 88.0 Å². The smallest absolute Gasteiger partial charge is 0.222 e. The molecule has 0 rings (SSSR count). The third-order valence-corrected chi connectivity index (χ3v) is 7.54. The van der Waals surface area contributed by atoms with Gasteiger partial charge in [0.15, 0.2) is 0 Å². The number of amides is 3.